The maximum Gasteiger partial charge on any atom is 0.410 e. The molecule has 0 atom stereocenters. The van der Waals surface area contributed by atoms with E-state index in [1.165, 1.54) is 13.2 Å². The Labute approximate surface area is 156 Å². The second kappa shape index (κ2) is 6.98. The zero-order chi connectivity index (χ0) is 19.8. The van der Waals surface area contributed by atoms with Gasteiger partial charge in [-0.25, -0.2) is 9.48 Å². The van der Waals surface area contributed by atoms with Gasteiger partial charge in [0.1, 0.15) is 11.1 Å². The highest BCUT2D eigenvalue weighted by Gasteiger charge is 2.29. The number of piperazine rings is 1. The van der Waals surface area contributed by atoms with Gasteiger partial charge in [-0.05, 0) is 32.9 Å². The van der Waals surface area contributed by atoms with Crippen LogP contribution >= 0.6 is 0 Å². The molecule has 0 radical (unpaired) electrons. The Kier molecular flexibility index (Phi) is 4.86. The molecule has 0 unspecified atom stereocenters. The number of pyridine rings is 1. The van der Waals surface area contributed by atoms with Gasteiger partial charge in [-0.15, -0.1) is 0 Å². The molecule has 0 spiro atoms. The SMILES string of the molecule is Cn1nc(C(=O)N2CCN(C(=O)OC(C)(C)C)CC2)c2cccnc2c1=O. The Morgan fingerprint density at radius 2 is 1.74 bits per heavy atom. The highest BCUT2D eigenvalue weighted by atomic mass is 16.6. The van der Waals surface area contributed by atoms with Crippen molar-refractivity contribution in [1.29, 1.82) is 0 Å². The van der Waals surface area contributed by atoms with Gasteiger partial charge in [0.05, 0.1) is 0 Å². The number of aromatic nitrogens is 3. The standard InChI is InChI=1S/C18H23N5O4/c1-18(2,3)27-17(26)23-10-8-22(9-11-23)16(25)14-12-6-5-7-19-13(12)15(24)21(4)20-14/h5-7H,8-11H2,1-4H3. The van der Waals surface area contributed by atoms with E-state index in [2.05, 4.69) is 10.1 Å². The Morgan fingerprint density at radius 1 is 1.11 bits per heavy atom. The van der Waals surface area contributed by atoms with Crippen LogP contribution in [0.4, 0.5) is 4.79 Å². The lowest BCUT2D eigenvalue weighted by Gasteiger charge is -2.35. The number of aryl methyl sites for hydroxylation is 1. The lowest BCUT2D eigenvalue weighted by Crippen LogP contribution is -2.52. The molecule has 0 saturated carbocycles. The number of nitrogens with zero attached hydrogens (tertiary/aromatic N) is 5. The molecular weight excluding hydrogens is 350 g/mol. The van der Waals surface area contributed by atoms with Crippen LogP contribution in [0.1, 0.15) is 31.3 Å². The predicted octanol–water partition coefficient (Wildman–Crippen LogP) is 1.02. The Hall–Kier alpha value is -2.97. The van der Waals surface area contributed by atoms with E-state index < -0.39 is 5.60 Å². The molecule has 2 aromatic rings. The average molecular weight is 373 g/mol. The molecule has 0 N–H and O–H groups in total. The number of carbonyl (C=O) groups is 2. The summed E-state index contributed by atoms with van der Waals surface area (Å²) < 4.78 is 6.49. The lowest BCUT2D eigenvalue weighted by atomic mass is 10.2. The molecule has 3 rings (SSSR count). The Bertz CT molecular complexity index is 939. The molecule has 1 aliphatic heterocycles. The Balaban J connectivity index is 1.77. The molecule has 27 heavy (non-hydrogen) atoms. The van der Waals surface area contributed by atoms with Crippen molar-refractivity contribution in [3.8, 4) is 0 Å². The summed E-state index contributed by atoms with van der Waals surface area (Å²) >= 11 is 0. The van der Waals surface area contributed by atoms with Crippen LogP contribution in [0.5, 0.6) is 0 Å². The van der Waals surface area contributed by atoms with Gasteiger partial charge < -0.3 is 14.5 Å². The van der Waals surface area contributed by atoms with Crippen LogP contribution in [0.15, 0.2) is 23.1 Å². The van der Waals surface area contributed by atoms with E-state index in [9.17, 15) is 14.4 Å². The van der Waals surface area contributed by atoms with Crippen LogP contribution in [-0.4, -0.2) is 68.3 Å². The number of rotatable bonds is 1. The van der Waals surface area contributed by atoms with Crippen molar-refractivity contribution >= 4 is 22.9 Å². The first kappa shape index (κ1) is 18.8. The molecule has 1 aliphatic rings. The van der Waals surface area contributed by atoms with E-state index in [-0.39, 0.29) is 28.8 Å². The first-order chi connectivity index (χ1) is 12.7. The topological polar surface area (TPSA) is 97.6 Å². The summed E-state index contributed by atoms with van der Waals surface area (Å²) in [6.45, 7) is 6.93. The summed E-state index contributed by atoms with van der Waals surface area (Å²) in [5, 5.41) is 4.58. The molecule has 1 saturated heterocycles. The molecule has 2 aromatic heterocycles. The summed E-state index contributed by atoms with van der Waals surface area (Å²) in [6, 6.07) is 3.33. The highest BCUT2D eigenvalue weighted by Crippen LogP contribution is 2.16. The average Bonchev–Trinajstić information content (AvgIpc) is 2.63. The fourth-order valence-electron chi connectivity index (χ4n) is 2.90. The maximum atomic E-state index is 13.0. The molecule has 0 bridgehead atoms. The molecule has 9 nitrogen and oxygen atoms in total. The minimum atomic E-state index is -0.561. The lowest BCUT2D eigenvalue weighted by molar-refractivity contribution is 0.0140. The van der Waals surface area contributed by atoms with E-state index in [1.54, 1.807) is 21.9 Å². The minimum Gasteiger partial charge on any atom is -0.444 e. The fourth-order valence-corrected chi connectivity index (χ4v) is 2.90. The van der Waals surface area contributed by atoms with Crippen molar-refractivity contribution in [2.45, 2.75) is 26.4 Å². The summed E-state index contributed by atoms with van der Waals surface area (Å²) in [4.78, 5) is 44.6. The van der Waals surface area contributed by atoms with Gasteiger partial charge in [0.2, 0.25) is 0 Å². The predicted molar refractivity (Wildman–Crippen MR) is 98.5 cm³/mol. The summed E-state index contributed by atoms with van der Waals surface area (Å²) in [5.41, 5.74) is -0.511. The molecule has 0 aromatic carbocycles. The third kappa shape index (κ3) is 3.91. The zero-order valence-electron chi connectivity index (χ0n) is 15.9. The molecule has 0 aliphatic carbocycles. The van der Waals surface area contributed by atoms with Crippen LogP contribution in [0, 0.1) is 0 Å². The zero-order valence-corrected chi connectivity index (χ0v) is 15.9. The highest BCUT2D eigenvalue weighted by molar-refractivity contribution is 6.03. The maximum absolute atomic E-state index is 13.0. The quantitative estimate of drug-likeness (QED) is 0.740. The monoisotopic (exact) mass is 373 g/mol. The minimum absolute atomic E-state index is 0.186. The number of fused-ring (bicyclic) bond motifs is 1. The fraction of sp³-hybridized carbons (Fsp3) is 0.500. The van der Waals surface area contributed by atoms with Crippen molar-refractivity contribution in [1.82, 2.24) is 24.6 Å². The molecule has 2 amide bonds. The first-order valence-electron chi connectivity index (χ1n) is 8.76. The van der Waals surface area contributed by atoms with Crippen LogP contribution in [0.3, 0.4) is 0 Å². The molecule has 144 valence electrons. The number of hydrogen-bond acceptors (Lipinski definition) is 6. The van der Waals surface area contributed by atoms with E-state index in [0.29, 0.717) is 31.6 Å². The number of hydrogen-bond donors (Lipinski definition) is 0. The van der Waals surface area contributed by atoms with Gasteiger partial charge in [-0.3, -0.25) is 14.6 Å². The van der Waals surface area contributed by atoms with E-state index >= 15 is 0 Å². The van der Waals surface area contributed by atoms with Gasteiger partial charge in [0, 0.05) is 44.8 Å². The van der Waals surface area contributed by atoms with Crippen LogP contribution in [0.25, 0.3) is 10.9 Å². The van der Waals surface area contributed by atoms with Gasteiger partial charge in [-0.1, -0.05) is 0 Å². The summed E-state index contributed by atoms with van der Waals surface area (Å²) in [6.07, 6.45) is 1.13. The van der Waals surface area contributed by atoms with E-state index in [0.717, 1.165) is 4.68 Å². The second-order valence-electron chi connectivity index (χ2n) is 7.44. The largest absolute Gasteiger partial charge is 0.444 e. The molecule has 3 heterocycles. The van der Waals surface area contributed by atoms with E-state index in [4.69, 9.17) is 4.74 Å². The summed E-state index contributed by atoms with van der Waals surface area (Å²) in [5.74, 6) is -0.285. The van der Waals surface area contributed by atoms with Crippen LogP contribution in [0.2, 0.25) is 0 Å². The molecule has 1 fully saturated rings. The second-order valence-corrected chi connectivity index (χ2v) is 7.44. The molecular formula is C18H23N5O4. The Morgan fingerprint density at radius 3 is 2.37 bits per heavy atom. The summed E-state index contributed by atoms with van der Waals surface area (Å²) in [7, 11) is 1.49. The third-order valence-corrected chi connectivity index (χ3v) is 4.23. The van der Waals surface area contributed by atoms with Crippen molar-refractivity contribution in [3.05, 3.63) is 34.4 Å². The normalized spacial score (nSPS) is 15.1. The van der Waals surface area contributed by atoms with Gasteiger partial charge >= 0.3 is 6.09 Å². The first-order valence-corrected chi connectivity index (χ1v) is 8.76. The number of carbonyl (C=O) groups excluding carboxylic acids is 2. The number of amides is 2. The van der Waals surface area contributed by atoms with Gasteiger partial charge in [0.15, 0.2) is 5.69 Å². The van der Waals surface area contributed by atoms with Gasteiger partial charge in [0.25, 0.3) is 11.5 Å². The van der Waals surface area contributed by atoms with Crippen molar-refractivity contribution in [3.63, 3.8) is 0 Å². The van der Waals surface area contributed by atoms with Crippen molar-refractivity contribution < 1.29 is 14.3 Å². The van der Waals surface area contributed by atoms with E-state index in [1.807, 2.05) is 20.8 Å². The molecule has 9 heteroatoms. The van der Waals surface area contributed by atoms with Crippen LogP contribution in [-0.2, 0) is 11.8 Å². The van der Waals surface area contributed by atoms with Gasteiger partial charge in [-0.2, -0.15) is 5.10 Å². The van der Waals surface area contributed by atoms with Crippen molar-refractivity contribution in [2.24, 2.45) is 7.05 Å². The smallest absolute Gasteiger partial charge is 0.410 e. The van der Waals surface area contributed by atoms with Crippen molar-refractivity contribution in [2.75, 3.05) is 26.2 Å². The van der Waals surface area contributed by atoms with Crippen LogP contribution < -0.4 is 5.56 Å². The third-order valence-electron chi connectivity index (χ3n) is 4.23. The number of ether oxygens (including phenoxy) is 1.